The van der Waals surface area contributed by atoms with Gasteiger partial charge in [-0.05, 0) is 13.0 Å². The van der Waals surface area contributed by atoms with Crippen LogP contribution in [0.3, 0.4) is 0 Å². The van der Waals surface area contributed by atoms with E-state index in [1.54, 1.807) is 25.4 Å². The third-order valence-corrected chi connectivity index (χ3v) is 1.12. The molecule has 0 unspecified atom stereocenters. The van der Waals surface area contributed by atoms with Crippen molar-refractivity contribution in [2.75, 3.05) is 11.9 Å². The standard InChI is InChI=1S/C7H11N3O/c1-6(11)5-10-7-8-3-2-4-9-7/h2-4,6,11H,5H2,1H3,(H,8,9,10)/t6-/m1/s1. The summed E-state index contributed by atoms with van der Waals surface area (Å²) in [6.07, 6.45) is 2.92. The fourth-order valence-corrected chi connectivity index (χ4v) is 0.629. The quantitative estimate of drug-likeness (QED) is 0.654. The van der Waals surface area contributed by atoms with E-state index < -0.39 is 0 Å². The lowest BCUT2D eigenvalue weighted by atomic mass is 10.4. The number of anilines is 1. The number of hydrogen-bond donors (Lipinski definition) is 2. The molecule has 0 amide bonds. The number of nitrogens with one attached hydrogen (secondary N) is 1. The summed E-state index contributed by atoms with van der Waals surface area (Å²) in [7, 11) is 0. The molecule has 0 fully saturated rings. The van der Waals surface area contributed by atoms with Gasteiger partial charge >= 0.3 is 0 Å². The van der Waals surface area contributed by atoms with Crippen molar-refractivity contribution < 1.29 is 5.11 Å². The molecule has 1 atom stereocenters. The first-order valence-corrected chi connectivity index (χ1v) is 3.48. The van der Waals surface area contributed by atoms with E-state index in [1.807, 2.05) is 0 Å². The fourth-order valence-electron chi connectivity index (χ4n) is 0.629. The van der Waals surface area contributed by atoms with Crippen molar-refractivity contribution in [1.82, 2.24) is 9.97 Å². The largest absolute Gasteiger partial charge is 0.392 e. The van der Waals surface area contributed by atoms with Crippen LogP contribution in [-0.2, 0) is 0 Å². The third-order valence-electron chi connectivity index (χ3n) is 1.12. The summed E-state index contributed by atoms with van der Waals surface area (Å²) in [6.45, 7) is 2.18. The van der Waals surface area contributed by atoms with E-state index in [2.05, 4.69) is 15.3 Å². The van der Waals surface area contributed by atoms with Crippen LogP contribution < -0.4 is 5.32 Å². The molecule has 0 bridgehead atoms. The van der Waals surface area contributed by atoms with Crippen molar-refractivity contribution in [3.63, 3.8) is 0 Å². The van der Waals surface area contributed by atoms with Crippen LogP contribution in [0.4, 0.5) is 5.95 Å². The summed E-state index contributed by atoms with van der Waals surface area (Å²) in [5.74, 6) is 0.549. The predicted octanol–water partition coefficient (Wildman–Crippen LogP) is 0.269. The molecule has 0 radical (unpaired) electrons. The average Bonchev–Trinajstić information content (AvgIpc) is 2.03. The highest BCUT2D eigenvalue weighted by molar-refractivity contribution is 5.21. The van der Waals surface area contributed by atoms with Gasteiger partial charge < -0.3 is 10.4 Å². The molecule has 0 aliphatic heterocycles. The Balaban J connectivity index is 2.39. The van der Waals surface area contributed by atoms with Crippen LogP contribution >= 0.6 is 0 Å². The van der Waals surface area contributed by atoms with Gasteiger partial charge in [0.2, 0.25) is 5.95 Å². The minimum Gasteiger partial charge on any atom is -0.392 e. The first kappa shape index (κ1) is 7.94. The van der Waals surface area contributed by atoms with E-state index in [9.17, 15) is 0 Å². The van der Waals surface area contributed by atoms with Crippen LogP contribution in [0.25, 0.3) is 0 Å². The van der Waals surface area contributed by atoms with Crippen LogP contribution in [0.2, 0.25) is 0 Å². The lowest BCUT2D eigenvalue weighted by Crippen LogP contribution is -2.16. The lowest BCUT2D eigenvalue weighted by molar-refractivity contribution is 0.208. The minimum absolute atomic E-state index is 0.376. The van der Waals surface area contributed by atoms with Gasteiger partial charge in [0.05, 0.1) is 6.10 Å². The zero-order chi connectivity index (χ0) is 8.10. The zero-order valence-electron chi connectivity index (χ0n) is 6.36. The molecule has 0 aromatic carbocycles. The van der Waals surface area contributed by atoms with Crippen LogP contribution in [0.5, 0.6) is 0 Å². The van der Waals surface area contributed by atoms with Gasteiger partial charge in [0, 0.05) is 18.9 Å². The van der Waals surface area contributed by atoms with E-state index in [4.69, 9.17) is 5.11 Å². The molecular formula is C7H11N3O. The van der Waals surface area contributed by atoms with Crippen molar-refractivity contribution in [2.24, 2.45) is 0 Å². The molecule has 0 spiro atoms. The summed E-state index contributed by atoms with van der Waals surface area (Å²) in [4.78, 5) is 7.83. The summed E-state index contributed by atoms with van der Waals surface area (Å²) >= 11 is 0. The van der Waals surface area contributed by atoms with Crippen molar-refractivity contribution in [3.8, 4) is 0 Å². The van der Waals surface area contributed by atoms with Crippen LogP contribution in [0.15, 0.2) is 18.5 Å². The monoisotopic (exact) mass is 153 g/mol. The van der Waals surface area contributed by atoms with Crippen molar-refractivity contribution >= 4 is 5.95 Å². The first-order chi connectivity index (χ1) is 5.29. The van der Waals surface area contributed by atoms with Gasteiger partial charge in [-0.15, -0.1) is 0 Å². The van der Waals surface area contributed by atoms with Gasteiger partial charge in [0.25, 0.3) is 0 Å². The van der Waals surface area contributed by atoms with Crippen LogP contribution in [0.1, 0.15) is 6.92 Å². The number of aliphatic hydroxyl groups excluding tert-OH is 1. The highest BCUT2D eigenvalue weighted by Gasteiger charge is 1.95. The number of aliphatic hydroxyl groups is 1. The Bertz CT molecular complexity index is 200. The van der Waals surface area contributed by atoms with E-state index in [0.29, 0.717) is 12.5 Å². The summed E-state index contributed by atoms with van der Waals surface area (Å²) < 4.78 is 0. The van der Waals surface area contributed by atoms with Crippen molar-refractivity contribution in [3.05, 3.63) is 18.5 Å². The predicted molar refractivity (Wildman–Crippen MR) is 42.2 cm³/mol. The minimum atomic E-state index is -0.376. The summed E-state index contributed by atoms with van der Waals surface area (Å²) in [6, 6.07) is 1.74. The molecule has 2 N–H and O–H groups in total. The molecule has 1 rings (SSSR count). The van der Waals surface area contributed by atoms with E-state index in [0.717, 1.165) is 0 Å². The highest BCUT2D eigenvalue weighted by atomic mass is 16.3. The number of rotatable bonds is 3. The van der Waals surface area contributed by atoms with Crippen molar-refractivity contribution in [2.45, 2.75) is 13.0 Å². The second-order valence-corrected chi connectivity index (χ2v) is 2.30. The molecule has 1 heterocycles. The Morgan fingerprint density at radius 3 is 2.73 bits per heavy atom. The maximum absolute atomic E-state index is 8.90. The summed E-state index contributed by atoms with van der Waals surface area (Å²) in [5, 5.41) is 11.8. The van der Waals surface area contributed by atoms with Crippen LogP contribution in [0, 0.1) is 0 Å². The van der Waals surface area contributed by atoms with Crippen LogP contribution in [-0.4, -0.2) is 27.7 Å². The Morgan fingerprint density at radius 1 is 1.55 bits per heavy atom. The number of nitrogens with zero attached hydrogens (tertiary/aromatic N) is 2. The topological polar surface area (TPSA) is 58.0 Å². The summed E-state index contributed by atoms with van der Waals surface area (Å²) in [5.41, 5.74) is 0. The molecule has 0 aliphatic carbocycles. The fraction of sp³-hybridized carbons (Fsp3) is 0.429. The van der Waals surface area contributed by atoms with Gasteiger partial charge in [-0.1, -0.05) is 0 Å². The molecule has 4 heteroatoms. The number of hydrogen-bond acceptors (Lipinski definition) is 4. The molecule has 60 valence electrons. The molecule has 0 saturated heterocycles. The lowest BCUT2D eigenvalue weighted by Gasteiger charge is -2.04. The second kappa shape index (κ2) is 3.88. The first-order valence-electron chi connectivity index (χ1n) is 3.48. The Hall–Kier alpha value is -1.16. The molecule has 1 aromatic rings. The molecule has 11 heavy (non-hydrogen) atoms. The maximum atomic E-state index is 8.90. The maximum Gasteiger partial charge on any atom is 0.222 e. The normalized spacial score (nSPS) is 12.5. The second-order valence-electron chi connectivity index (χ2n) is 2.30. The van der Waals surface area contributed by atoms with Gasteiger partial charge in [0.1, 0.15) is 0 Å². The van der Waals surface area contributed by atoms with Crippen molar-refractivity contribution in [1.29, 1.82) is 0 Å². The van der Waals surface area contributed by atoms with E-state index >= 15 is 0 Å². The molecular weight excluding hydrogens is 142 g/mol. The molecule has 0 aliphatic rings. The molecule has 0 saturated carbocycles. The molecule has 1 aromatic heterocycles. The SMILES string of the molecule is C[C@@H](O)CNc1ncccn1. The van der Waals surface area contributed by atoms with Gasteiger partial charge in [-0.25, -0.2) is 9.97 Å². The van der Waals surface area contributed by atoms with E-state index in [-0.39, 0.29) is 6.10 Å². The Labute approximate surface area is 65.3 Å². The highest BCUT2D eigenvalue weighted by Crippen LogP contribution is 1.93. The molecule has 4 nitrogen and oxygen atoms in total. The zero-order valence-corrected chi connectivity index (χ0v) is 6.36. The van der Waals surface area contributed by atoms with Gasteiger partial charge in [-0.2, -0.15) is 0 Å². The van der Waals surface area contributed by atoms with Gasteiger partial charge in [-0.3, -0.25) is 0 Å². The third kappa shape index (κ3) is 2.95. The smallest absolute Gasteiger partial charge is 0.222 e. The average molecular weight is 153 g/mol. The van der Waals surface area contributed by atoms with E-state index in [1.165, 1.54) is 0 Å². The Morgan fingerprint density at radius 2 is 2.18 bits per heavy atom. The number of aromatic nitrogens is 2. The van der Waals surface area contributed by atoms with Gasteiger partial charge in [0.15, 0.2) is 0 Å². The Kier molecular flexibility index (Phi) is 2.80.